The van der Waals surface area contributed by atoms with Crippen LogP contribution in [0.25, 0.3) is 10.9 Å². The van der Waals surface area contributed by atoms with Crippen molar-refractivity contribution in [3.8, 4) is 0 Å². The summed E-state index contributed by atoms with van der Waals surface area (Å²) in [7, 11) is 0. The van der Waals surface area contributed by atoms with Crippen LogP contribution in [0, 0.1) is 5.92 Å². The van der Waals surface area contributed by atoms with Gasteiger partial charge in [-0.2, -0.15) is 5.10 Å². The number of fused-ring (bicyclic) bond motifs is 1. The summed E-state index contributed by atoms with van der Waals surface area (Å²) in [6.45, 7) is 9.33. The van der Waals surface area contributed by atoms with E-state index >= 15 is 0 Å². The molecular weight excluding hydrogens is 262 g/mol. The first-order valence-corrected chi connectivity index (χ1v) is 7.82. The predicted molar refractivity (Wildman–Crippen MR) is 86.3 cm³/mol. The summed E-state index contributed by atoms with van der Waals surface area (Å²) in [5.41, 5.74) is 1.45. The number of hydrogen-bond donors (Lipinski definition) is 1. The number of para-hydroxylation sites is 1. The van der Waals surface area contributed by atoms with Gasteiger partial charge in [-0.3, -0.25) is 9.89 Å². The van der Waals surface area contributed by atoms with Crippen LogP contribution in [0.1, 0.15) is 51.0 Å². The molecule has 0 fully saturated rings. The number of aromatic amines is 1. The van der Waals surface area contributed by atoms with E-state index in [1.54, 1.807) is 0 Å². The summed E-state index contributed by atoms with van der Waals surface area (Å²) >= 11 is 0. The molecule has 0 aliphatic carbocycles. The molecule has 0 saturated carbocycles. The molecule has 0 bridgehead atoms. The Morgan fingerprint density at radius 3 is 2.52 bits per heavy atom. The maximum Gasteiger partial charge on any atom is 0.275 e. The smallest absolute Gasteiger partial charge is 0.275 e. The Labute approximate surface area is 126 Å². The highest BCUT2D eigenvalue weighted by atomic mass is 16.2. The number of rotatable bonds is 6. The highest BCUT2D eigenvalue weighted by Gasteiger charge is 2.26. The van der Waals surface area contributed by atoms with E-state index in [9.17, 15) is 4.79 Å². The van der Waals surface area contributed by atoms with E-state index in [2.05, 4.69) is 37.9 Å². The zero-order valence-corrected chi connectivity index (χ0v) is 13.4. The highest BCUT2D eigenvalue weighted by Crippen LogP contribution is 2.20. The van der Waals surface area contributed by atoms with Crippen LogP contribution in [0.5, 0.6) is 0 Å². The van der Waals surface area contributed by atoms with Gasteiger partial charge in [-0.25, -0.2) is 0 Å². The highest BCUT2D eigenvalue weighted by molar-refractivity contribution is 6.04. The van der Waals surface area contributed by atoms with Crippen LogP contribution in [-0.4, -0.2) is 33.6 Å². The monoisotopic (exact) mass is 287 g/mol. The fourth-order valence-corrected chi connectivity index (χ4v) is 2.78. The topological polar surface area (TPSA) is 49.0 Å². The molecule has 2 aromatic rings. The summed E-state index contributed by atoms with van der Waals surface area (Å²) in [5, 5.41) is 8.12. The molecular formula is C17H25N3O. The molecule has 0 unspecified atom stereocenters. The summed E-state index contributed by atoms with van der Waals surface area (Å²) in [4.78, 5) is 15.0. The van der Waals surface area contributed by atoms with E-state index in [1.165, 1.54) is 0 Å². The molecule has 1 N–H and O–H groups in total. The lowest BCUT2D eigenvalue weighted by Gasteiger charge is -2.31. The second kappa shape index (κ2) is 6.74. The third-order valence-electron chi connectivity index (χ3n) is 3.88. The van der Waals surface area contributed by atoms with Gasteiger partial charge in [-0.1, -0.05) is 45.9 Å². The lowest BCUT2D eigenvalue weighted by Crippen LogP contribution is -2.42. The summed E-state index contributed by atoms with van der Waals surface area (Å²) in [6.07, 6.45) is 1.94. The fourth-order valence-electron chi connectivity index (χ4n) is 2.78. The van der Waals surface area contributed by atoms with Crippen LogP contribution >= 0.6 is 0 Å². The standard InChI is InChI=1S/C17H25N3O/c1-5-13(6-2)20(11-12(3)4)17(21)16-14-9-7-8-10-15(14)18-19-16/h7-10,12-13H,5-6,11H2,1-4H3,(H,18,19). The maximum absolute atomic E-state index is 13.0. The Kier molecular flexibility index (Phi) is 4.99. The van der Waals surface area contributed by atoms with Crippen molar-refractivity contribution >= 4 is 16.8 Å². The average molecular weight is 287 g/mol. The van der Waals surface area contributed by atoms with Crippen molar-refractivity contribution in [2.24, 2.45) is 5.92 Å². The van der Waals surface area contributed by atoms with Gasteiger partial charge in [0.2, 0.25) is 0 Å². The number of carbonyl (C=O) groups excluding carboxylic acids is 1. The molecule has 0 aliphatic heterocycles. The van der Waals surface area contributed by atoms with Crippen molar-refractivity contribution < 1.29 is 4.79 Å². The molecule has 0 saturated heterocycles. The fraction of sp³-hybridized carbons (Fsp3) is 0.529. The SMILES string of the molecule is CCC(CC)N(CC(C)C)C(=O)c1n[nH]c2ccccc12. The van der Waals surface area contributed by atoms with E-state index in [4.69, 9.17) is 0 Å². The summed E-state index contributed by atoms with van der Waals surface area (Å²) < 4.78 is 0. The molecule has 1 heterocycles. The minimum Gasteiger partial charge on any atom is -0.334 e. The maximum atomic E-state index is 13.0. The molecule has 0 radical (unpaired) electrons. The Hall–Kier alpha value is -1.84. The number of aromatic nitrogens is 2. The van der Waals surface area contributed by atoms with Gasteiger partial charge in [0, 0.05) is 18.0 Å². The number of carbonyl (C=O) groups is 1. The largest absolute Gasteiger partial charge is 0.334 e. The summed E-state index contributed by atoms with van der Waals surface area (Å²) in [5.74, 6) is 0.481. The Morgan fingerprint density at radius 2 is 1.90 bits per heavy atom. The third kappa shape index (κ3) is 3.26. The van der Waals surface area contributed by atoms with Crippen molar-refractivity contribution in [1.82, 2.24) is 15.1 Å². The summed E-state index contributed by atoms with van der Waals surface area (Å²) in [6, 6.07) is 8.06. The number of amides is 1. The van der Waals surface area contributed by atoms with E-state index < -0.39 is 0 Å². The number of benzene rings is 1. The van der Waals surface area contributed by atoms with Crippen molar-refractivity contribution in [2.45, 2.75) is 46.6 Å². The van der Waals surface area contributed by atoms with Gasteiger partial charge < -0.3 is 4.90 Å². The van der Waals surface area contributed by atoms with E-state index in [1.807, 2.05) is 29.2 Å². The van der Waals surface area contributed by atoms with Gasteiger partial charge >= 0.3 is 0 Å². The zero-order chi connectivity index (χ0) is 15.4. The van der Waals surface area contributed by atoms with E-state index in [-0.39, 0.29) is 11.9 Å². The van der Waals surface area contributed by atoms with Gasteiger partial charge in [0.05, 0.1) is 5.52 Å². The van der Waals surface area contributed by atoms with E-state index in [0.717, 1.165) is 30.3 Å². The lowest BCUT2D eigenvalue weighted by molar-refractivity contribution is 0.0636. The van der Waals surface area contributed by atoms with Crippen LogP contribution in [0.15, 0.2) is 24.3 Å². The Balaban J connectivity index is 2.37. The Morgan fingerprint density at radius 1 is 1.24 bits per heavy atom. The minimum absolute atomic E-state index is 0.0369. The number of nitrogens with one attached hydrogen (secondary N) is 1. The quantitative estimate of drug-likeness (QED) is 0.877. The second-order valence-corrected chi connectivity index (χ2v) is 5.94. The van der Waals surface area contributed by atoms with Crippen molar-refractivity contribution in [2.75, 3.05) is 6.54 Å². The molecule has 21 heavy (non-hydrogen) atoms. The molecule has 0 aliphatic rings. The van der Waals surface area contributed by atoms with Crippen LogP contribution in [-0.2, 0) is 0 Å². The van der Waals surface area contributed by atoms with Crippen LogP contribution in [0.2, 0.25) is 0 Å². The number of hydrogen-bond acceptors (Lipinski definition) is 2. The molecule has 0 atom stereocenters. The number of H-pyrrole nitrogens is 1. The van der Waals surface area contributed by atoms with Gasteiger partial charge in [-0.15, -0.1) is 0 Å². The van der Waals surface area contributed by atoms with Gasteiger partial charge in [0.25, 0.3) is 5.91 Å². The van der Waals surface area contributed by atoms with E-state index in [0.29, 0.717) is 11.6 Å². The lowest BCUT2D eigenvalue weighted by atomic mass is 10.1. The molecule has 2 rings (SSSR count). The molecule has 1 aromatic carbocycles. The van der Waals surface area contributed by atoms with Crippen molar-refractivity contribution in [3.63, 3.8) is 0 Å². The van der Waals surface area contributed by atoms with Crippen LogP contribution < -0.4 is 0 Å². The first kappa shape index (κ1) is 15.5. The van der Waals surface area contributed by atoms with Crippen molar-refractivity contribution in [1.29, 1.82) is 0 Å². The van der Waals surface area contributed by atoms with Gasteiger partial charge in [0.15, 0.2) is 5.69 Å². The van der Waals surface area contributed by atoms with Gasteiger partial charge in [0.1, 0.15) is 0 Å². The van der Waals surface area contributed by atoms with Crippen LogP contribution in [0.3, 0.4) is 0 Å². The first-order chi connectivity index (χ1) is 10.1. The first-order valence-electron chi connectivity index (χ1n) is 7.82. The van der Waals surface area contributed by atoms with Crippen molar-refractivity contribution in [3.05, 3.63) is 30.0 Å². The molecule has 4 heteroatoms. The molecule has 114 valence electrons. The predicted octanol–water partition coefficient (Wildman–Crippen LogP) is 3.85. The second-order valence-electron chi connectivity index (χ2n) is 5.94. The molecule has 1 aromatic heterocycles. The third-order valence-corrected chi connectivity index (χ3v) is 3.88. The zero-order valence-electron chi connectivity index (χ0n) is 13.4. The average Bonchev–Trinajstić information content (AvgIpc) is 2.90. The normalized spacial score (nSPS) is 11.5. The molecule has 0 spiro atoms. The Bertz CT molecular complexity index is 599. The number of nitrogens with zero attached hydrogens (tertiary/aromatic N) is 2. The molecule has 4 nitrogen and oxygen atoms in total. The van der Waals surface area contributed by atoms with Crippen LogP contribution in [0.4, 0.5) is 0 Å². The van der Waals surface area contributed by atoms with Gasteiger partial charge in [-0.05, 0) is 24.8 Å². The molecule has 1 amide bonds. The minimum atomic E-state index is 0.0369.